The fourth-order valence-corrected chi connectivity index (χ4v) is 3.24. The van der Waals surface area contributed by atoms with Gasteiger partial charge in [-0.05, 0) is 56.4 Å². The van der Waals surface area contributed by atoms with Crippen LogP contribution in [0.5, 0.6) is 0 Å². The van der Waals surface area contributed by atoms with Crippen molar-refractivity contribution in [2.75, 3.05) is 29.9 Å². The molecule has 0 saturated carbocycles. The van der Waals surface area contributed by atoms with Crippen molar-refractivity contribution in [1.82, 2.24) is 4.98 Å². The molecular weight excluding hydrogens is 314 g/mol. The molecule has 2 aromatic rings. The van der Waals surface area contributed by atoms with Gasteiger partial charge in [0.2, 0.25) is 0 Å². The topological polar surface area (TPSA) is 65.5 Å². The molecule has 1 aromatic heterocycles. The third-order valence-corrected chi connectivity index (χ3v) is 4.84. The summed E-state index contributed by atoms with van der Waals surface area (Å²) >= 11 is 0. The van der Waals surface area contributed by atoms with E-state index in [1.165, 1.54) is 0 Å². The van der Waals surface area contributed by atoms with Crippen LogP contribution in [0.2, 0.25) is 0 Å². The Morgan fingerprint density at radius 2 is 2.04 bits per heavy atom. The normalized spacial score (nSPS) is 15.2. The molecule has 0 aliphatic carbocycles. The van der Waals surface area contributed by atoms with Crippen LogP contribution in [0.4, 0.5) is 11.5 Å². The molecule has 0 atom stereocenters. The molecule has 132 valence electrons. The number of anilines is 2. The van der Waals surface area contributed by atoms with Crippen LogP contribution in [0, 0.1) is 19.8 Å². The van der Waals surface area contributed by atoms with E-state index in [2.05, 4.69) is 15.2 Å². The summed E-state index contributed by atoms with van der Waals surface area (Å²) in [5.41, 5.74) is 3.44. The number of piperidine rings is 1. The van der Waals surface area contributed by atoms with Crippen molar-refractivity contribution in [3.8, 4) is 0 Å². The highest BCUT2D eigenvalue weighted by Gasteiger charge is 2.22. The SMILES string of the molecule is Cc1ccc(C)c(C(=O)Nc2cccnc2N2CCC(CO)CC2)c1. The molecule has 1 saturated heterocycles. The van der Waals surface area contributed by atoms with E-state index in [4.69, 9.17) is 0 Å². The van der Waals surface area contributed by atoms with Crippen LogP contribution >= 0.6 is 0 Å². The summed E-state index contributed by atoms with van der Waals surface area (Å²) in [7, 11) is 0. The molecule has 5 nitrogen and oxygen atoms in total. The van der Waals surface area contributed by atoms with Gasteiger partial charge in [-0.1, -0.05) is 17.7 Å². The number of hydrogen-bond acceptors (Lipinski definition) is 4. The molecule has 0 bridgehead atoms. The fourth-order valence-electron chi connectivity index (χ4n) is 3.24. The maximum absolute atomic E-state index is 12.7. The van der Waals surface area contributed by atoms with Crippen LogP contribution in [0.3, 0.4) is 0 Å². The number of amides is 1. The Balaban J connectivity index is 1.79. The zero-order valence-corrected chi connectivity index (χ0v) is 14.8. The van der Waals surface area contributed by atoms with Crippen molar-refractivity contribution in [3.63, 3.8) is 0 Å². The molecule has 1 fully saturated rings. The lowest BCUT2D eigenvalue weighted by molar-refractivity contribution is 0.102. The van der Waals surface area contributed by atoms with Crippen LogP contribution < -0.4 is 10.2 Å². The molecule has 0 radical (unpaired) electrons. The lowest BCUT2D eigenvalue weighted by Crippen LogP contribution is -2.36. The number of rotatable bonds is 4. The Hall–Kier alpha value is -2.40. The summed E-state index contributed by atoms with van der Waals surface area (Å²) in [5.74, 6) is 1.06. The third-order valence-electron chi connectivity index (χ3n) is 4.84. The Morgan fingerprint density at radius 3 is 2.76 bits per heavy atom. The molecule has 0 spiro atoms. The largest absolute Gasteiger partial charge is 0.396 e. The van der Waals surface area contributed by atoms with Gasteiger partial charge in [0.1, 0.15) is 0 Å². The fraction of sp³-hybridized carbons (Fsp3) is 0.400. The molecule has 1 aromatic carbocycles. The number of carbonyl (C=O) groups is 1. The van der Waals surface area contributed by atoms with Gasteiger partial charge in [0.05, 0.1) is 5.69 Å². The van der Waals surface area contributed by atoms with Crippen LogP contribution in [0.1, 0.15) is 34.3 Å². The smallest absolute Gasteiger partial charge is 0.256 e. The first-order valence-electron chi connectivity index (χ1n) is 8.78. The summed E-state index contributed by atoms with van der Waals surface area (Å²) in [6, 6.07) is 9.61. The van der Waals surface area contributed by atoms with Crippen LogP contribution in [-0.2, 0) is 0 Å². The average molecular weight is 339 g/mol. The quantitative estimate of drug-likeness (QED) is 0.898. The monoisotopic (exact) mass is 339 g/mol. The number of pyridine rings is 1. The van der Waals surface area contributed by atoms with Gasteiger partial charge in [0.25, 0.3) is 5.91 Å². The summed E-state index contributed by atoms with van der Waals surface area (Å²) in [6.45, 7) is 5.85. The van der Waals surface area contributed by atoms with E-state index in [-0.39, 0.29) is 12.5 Å². The van der Waals surface area contributed by atoms with Crippen molar-refractivity contribution >= 4 is 17.4 Å². The molecule has 2 N–H and O–H groups in total. The second kappa shape index (κ2) is 7.66. The lowest BCUT2D eigenvalue weighted by Gasteiger charge is -2.33. The molecule has 3 rings (SSSR count). The van der Waals surface area contributed by atoms with Crippen LogP contribution in [0.15, 0.2) is 36.5 Å². The third kappa shape index (κ3) is 3.99. The van der Waals surface area contributed by atoms with E-state index in [0.717, 1.165) is 48.6 Å². The molecular formula is C20H25N3O2. The minimum atomic E-state index is -0.110. The zero-order chi connectivity index (χ0) is 17.8. The Labute approximate surface area is 148 Å². The summed E-state index contributed by atoms with van der Waals surface area (Å²) in [4.78, 5) is 19.4. The minimum Gasteiger partial charge on any atom is -0.396 e. The Kier molecular flexibility index (Phi) is 5.34. The van der Waals surface area contributed by atoms with E-state index in [0.29, 0.717) is 11.5 Å². The van der Waals surface area contributed by atoms with E-state index < -0.39 is 0 Å². The van der Waals surface area contributed by atoms with E-state index >= 15 is 0 Å². The number of carbonyl (C=O) groups excluding carboxylic acids is 1. The van der Waals surface area contributed by atoms with Gasteiger partial charge in [0, 0.05) is 31.5 Å². The highest BCUT2D eigenvalue weighted by atomic mass is 16.3. The van der Waals surface area contributed by atoms with Crippen LogP contribution in [-0.4, -0.2) is 35.7 Å². The number of benzene rings is 1. The molecule has 1 aliphatic rings. The van der Waals surface area contributed by atoms with Gasteiger partial charge < -0.3 is 15.3 Å². The average Bonchev–Trinajstić information content (AvgIpc) is 2.64. The number of aliphatic hydroxyl groups is 1. The van der Waals surface area contributed by atoms with E-state index in [9.17, 15) is 9.90 Å². The van der Waals surface area contributed by atoms with Gasteiger partial charge in [-0.15, -0.1) is 0 Å². The van der Waals surface area contributed by atoms with E-state index in [1.807, 2.05) is 44.2 Å². The maximum atomic E-state index is 12.7. The minimum absolute atomic E-state index is 0.110. The first-order chi connectivity index (χ1) is 12.1. The van der Waals surface area contributed by atoms with Gasteiger partial charge in [-0.25, -0.2) is 4.98 Å². The predicted molar refractivity (Wildman–Crippen MR) is 100 cm³/mol. The summed E-state index contributed by atoms with van der Waals surface area (Å²) in [5, 5.41) is 12.3. The second-order valence-corrected chi connectivity index (χ2v) is 6.76. The number of nitrogens with one attached hydrogen (secondary N) is 1. The maximum Gasteiger partial charge on any atom is 0.256 e. The Bertz CT molecular complexity index is 752. The molecule has 1 aliphatic heterocycles. The summed E-state index contributed by atoms with van der Waals surface area (Å²) in [6.07, 6.45) is 3.63. The lowest BCUT2D eigenvalue weighted by atomic mass is 9.98. The van der Waals surface area contributed by atoms with Crippen molar-refractivity contribution in [2.24, 2.45) is 5.92 Å². The van der Waals surface area contributed by atoms with Crippen molar-refractivity contribution < 1.29 is 9.90 Å². The first kappa shape index (κ1) is 17.4. The molecule has 2 heterocycles. The number of aliphatic hydroxyl groups excluding tert-OH is 1. The van der Waals surface area contributed by atoms with Crippen molar-refractivity contribution in [2.45, 2.75) is 26.7 Å². The standard InChI is InChI=1S/C20H25N3O2/c1-14-5-6-15(2)17(12-14)20(25)22-18-4-3-9-21-19(18)23-10-7-16(13-24)8-11-23/h3-6,9,12,16,24H,7-8,10-11,13H2,1-2H3,(H,22,25). The Morgan fingerprint density at radius 1 is 1.28 bits per heavy atom. The van der Waals surface area contributed by atoms with Crippen molar-refractivity contribution in [1.29, 1.82) is 0 Å². The second-order valence-electron chi connectivity index (χ2n) is 6.76. The molecule has 25 heavy (non-hydrogen) atoms. The molecule has 0 unspecified atom stereocenters. The van der Waals surface area contributed by atoms with Gasteiger partial charge in [-0.2, -0.15) is 0 Å². The van der Waals surface area contributed by atoms with Gasteiger partial charge in [0.15, 0.2) is 5.82 Å². The number of aryl methyl sites for hydroxylation is 2. The summed E-state index contributed by atoms with van der Waals surface area (Å²) < 4.78 is 0. The highest BCUT2D eigenvalue weighted by molar-refractivity contribution is 6.06. The molecule has 1 amide bonds. The first-order valence-corrected chi connectivity index (χ1v) is 8.78. The predicted octanol–water partition coefficient (Wildman–Crippen LogP) is 3.16. The van der Waals surface area contributed by atoms with Gasteiger partial charge >= 0.3 is 0 Å². The highest BCUT2D eigenvalue weighted by Crippen LogP contribution is 2.28. The zero-order valence-electron chi connectivity index (χ0n) is 14.8. The number of nitrogens with zero attached hydrogens (tertiary/aromatic N) is 2. The van der Waals surface area contributed by atoms with Gasteiger partial charge in [-0.3, -0.25) is 4.79 Å². The number of aromatic nitrogens is 1. The van der Waals surface area contributed by atoms with Crippen LogP contribution in [0.25, 0.3) is 0 Å². The molecule has 5 heteroatoms. The van der Waals surface area contributed by atoms with Crippen molar-refractivity contribution in [3.05, 3.63) is 53.2 Å². The van der Waals surface area contributed by atoms with E-state index in [1.54, 1.807) is 6.20 Å². The number of hydrogen-bond donors (Lipinski definition) is 2.